The maximum atomic E-state index is 10.8. The van der Waals surface area contributed by atoms with Gasteiger partial charge in [-0.2, -0.15) is 0 Å². The van der Waals surface area contributed by atoms with Crippen molar-refractivity contribution in [3.05, 3.63) is 23.8 Å². The number of nitrogens with two attached hydrogens (primary N) is 1. The third-order valence-electron chi connectivity index (χ3n) is 3.52. The van der Waals surface area contributed by atoms with E-state index in [9.17, 15) is 9.90 Å². The highest BCUT2D eigenvalue weighted by atomic mass is 16.4. The zero-order valence-corrected chi connectivity index (χ0v) is 10.3. The van der Waals surface area contributed by atoms with Crippen LogP contribution in [0.4, 0.5) is 11.4 Å². The van der Waals surface area contributed by atoms with E-state index in [1.165, 1.54) is 6.07 Å². The molecule has 98 valence electrons. The fraction of sp³-hybridized carbons (Fsp3) is 0.462. The van der Waals surface area contributed by atoms with Crippen LogP contribution in [0.3, 0.4) is 0 Å². The molecule has 0 saturated carbocycles. The number of carbonyl (C=O) groups is 1. The van der Waals surface area contributed by atoms with Gasteiger partial charge >= 0.3 is 5.97 Å². The number of rotatable bonds is 3. The molecule has 2 atom stereocenters. The van der Waals surface area contributed by atoms with Gasteiger partial charge in [-0.1, -0.05) is 0 Å². The Morgan fingerprint density at radius 3 is 2.78 bits per heavy atom. The second-order valence-electron chi connectivity index (χ2n) is 4.81. The van der Waals surface area contributed by atoms with Gasteiger partial charge in [0.15, 0.2) is 0 Å². The molecule has 1 aliphatic rings. The molecule has 2 rings (SSSR count). The van der Waals surface area contributed by atoms with Crippen LogP contribution >= 0.6 is 0 Å². The molecule has 0 spiro atoms. The smallest absolute Gasteiger partial charge is 0.335 e. The first kappa shape index (κ1) is 12.7. The highest BCUT2D eigenvalue weighted by molar-refractivity contribution is 5.90. The minimum Gasteiger partial charge on any atom is -0.478 e. The summed E-state index contributed by atoms with van der Waals surface area (Å²) in [6, 6.07) is 4.78. The third kappa shape index (κ3) is 2.41. The molecule has 0 aliphatic carbocycles. The first-order chi connectivity index (χ1) is 8.49. The van der Waals surface area contributed by atoms with E-state index in [1.54, 1.807) is 19.1 Å². The number of hydrogen-bond acceptors (Lipinski definition) is 4. The highest BCUT2D eigenvalue weighted by Gasteiger charge is 2.27. The van der Waals surface area contributed by atoms with Crippen LogP contribution in [-0.4, -0.2) is 35.4 Å². The van der Waals surface area contributed by atoms with Crippen molar-refractivity contribution in [1.29, 1.82) is 0 Å². The standard InChI is InChI=1S/C13H18N2O3/c1-8(16)10-4-5-15(7-10)12-3-2-9(13(17)18)6-11(12)14/h2-3,6,8,10,16H,4-5,7,14H2,1H3,(H,17,18). The molecule has 1 aliphatic heterocycles. The number of nitrogen functional groups attached to an aromatic ring is 1. The maximum Gasteiger partial charge on any atom is 0.335 e. The van der Waals surface area contributed by atoms with Crippen LogP contribution in [0.25, 0.3) is 0 Å². The van der Waals surface area contributed by atoms with Crippen molar-refractivity contribution >= 4 is 17.3 Å². The Bertz CT molecular complexity index is 460. The van der Waals surface area contributed by atoms with E-state index >= 15 is 0 Å². The van der Waals surface area contributed by atoms with E-state index in [1.807, 2.05) is 0 Å². The molecule has 4 N–H and O–H groups in total. The van der Waals surface area contributed by atoms with Gasteiger partial charge in [0, 0.05) is 19.0 Å². The molecular weight excluding hydrogens is 232 g/mol. The van der Waals surface area contributed by atoms with Crippen LogP contribution in [0.2, 0.25) is 0 Å². The molecule has 0 radical (unpaired) electrons. The Morgan fingerprint density at radius 1 is 1.56 bits per heavy atom. The van der Waals surface area contributed by atoms with E-state index in [2.05, 4.69) is 4.90 Å². The number of aliphatic hydroxyl groups excluding tert-OH is 1. The van der Waals surface area contributed by atoms with E-state index in [0.29, 0.717) is 5.69 Å². The molecular formula is C13H18N2O3. The second-order valence-corrected chi connectivity index (χ2v) is 4.81. The van der Waals surface area contributed by atoms with Gasteiger partial charge < -0.3 is 20.8 Å². The summed E-state index contributed by atoms with van der Waals surface area (Å²) in [5, 5.41) is 18.4. The Kier molecular flexibility index (Phi) is 3.43. The number of anilines is 2. The Hall–Kier alpha value is -1.75. The largest absolute Gasteiger partial charge is 0.478 e. The molecule has 5 heteroatoms. The maximum absolute atomic E-state index is 10.8. The highest BCUT2D eigenvalue weighted by Crippen LogP contribution is 2.30. The summed E-state index contributed by atoms with van der Waals surface area (Å²) in [7, 11) is 0. The number of nitrogens with zero attached hydrogens (tertiary/aromatic N) is 1. The molecule has 1 aromatic rings. The van der Waals surface area contributed by atoms with Crippen LogP contribution < -0.4 is 10.6 Å². The van der Waals surface area contributed by atoms with Gasteiger partial charge in [0.2, 0.25) is 0 Å². The topological polar surface area (TPSA) is 86.8 Å². The number of benzene rings is 1. The molecule has 1 aromatic carbocycles. The summed E-state index contributed by atoms with van der Waals surface area (Å²) in [5.41, 5.74) is 7.41. The van der Waals surface area contributed by atoms with Crippen molar-refractivity contribution in [2.24, 2.45) is 5.92 Å². The molecule has 0 bridgehead atoms. The van der Waals surface area contributed by atoms with Gasteiger partial charge in [0.1, 0.15) is 0 Å². The van der Waals surface area contributed by atoms with Crippen molar-refractivity contribution < 1.29 is 15.0 Å². The van der Waals surface area contributed by atoms with Crippen molar-refractivity contribution in [1.82, 2.24) is 0 Å². The molecule has 5 nitrogen and oxygen atoms in total. The molecule has 0 aromatic heterocycles. The zero-order valence-electron chi connectivity index (χ0n) is 10.3. The lowest BCUT2D eigenvalue weighted by Crippen LogP contribution is -2.24. The van der Waals surface area contributed by atoms with Gasteiger partial charge in [0.25, 0.3) is 0 Å². The monoisotopic (exact) mass is 250 g/mol. The molecule has 1 saturated heterocycles. The predicted molar refractivity (Wildman–Crippen MR) is 69.8 cm³/mol. The molecule has 18 heavy (non-hydrogen) atoms. The lowest BCUT2D eigenvalue weighted by Gasteiger charge is -2.21. The minimum atomic E-state index is -0.975. The number of aromatic carboxylic acids is 1. The number of hydrogen-bond donors (Lipinski definition) is 3. The first-order valence-electron chi connectivity index (χ1n) is 6.05. The summed E-state index contributed by atoms with van der Waals surface area (Å²) < 4.78 is 0. The fourth-order valence-corrected chi connectivity index (χ4v) is 2.38. The van der Waals surface area contributed by atoms with Gasteiger partial charge in [-0.3, -0.25) is 0 Å². The molecule has 2 unspecified atom stereocenters. The van der Waals surface area contributed by atoms with Gasteiger partial charge in [-0.25, -0.2) is 4.79 Å². The molecule has 1 fully saturated rings. The SMILES string of the molecule is CC(O)C1CCN(c2ccc(C(=O)O)cc2N)C1. The van der Waals surface area contributed by atoms with Gasteiger partial charge in [-0.15, -0.1) is 0 Å². The fourth-order valence-electron chi connectivity index (χ4n) is 2.38. The summed E-state index contributed by atoms with van der Waals surface area (Å²) >= 11 is 0. The Labute approximate surface area is 106 Å². The second kappa shape index (κ2) is 4.86. The Balaban J connectivity index is 2.18. The van der Waals surface area contributed by atoms with Crippen molar-refractivity contribution in [3.63, 3.8) is 0 Å². The Morgan fingerprint density at radius 2 is 2.28 bits per heavy atom. The van der Waals surface area contributed by atoms with Crippen LogP contribution in [-0.2, 0) is 0 Å². The van der Waals surface area contributed by atoms with Crippen molar-refractivity contribution in [2.75, 3.05) is 23.7 Å². The summed E-state index contributed by atoms with van der Waals surface area (Å²) in [5.74, 6) is -0.722. The van der Waals surface area contributed by atoms with Crippen LogP contribution in [0, 0.1) is 5.92 Å². The summed E-state index contributed by atoms with van der Waals surface area (Å²) in [6.07, 6.45) is 0.604. The third-order valence-corrected chi connectivity index (χ3v) is 3.52. The average Bonchev–Trinajstić information content (AvgIpc) is 2.78. The lowest BCUT2D eigenvalue weighted by molar-refractivity contribution is 0.0697. The van der Waals surface area contributed by atoms with E-state index in [4.69, 9.17) is 10.8 Å². The lowest BCUT2D eigenvalue weighted by atomic mass is 10.0. The normalized spacial score (nSPS) is 21.0. The zero-order chi connectivity index (χ0) is 13.3. The molecule has 1 heterocycles. The average molecular weight is 250 g/mol. The van der Waals surface area contributed by atoms with E-state index in [0.717, 1.165) is 25.2 Å². The van der Waals surface area contributed by atoms with Crippen molar-refractivity contribution in [2.45, 2.75) is 19.4 Å². The predicted octanol–water partition coefficient (Wildman–Crippen LogP) is 1.17. The van der Waals surface area contributed by atoms with Crippen LogP contribution in [0.15, 0.2) is 18.2 Å². The summed E-state index contributed by atoms with van der Waals surface area (Å²) in [4.78, 5) is 12.9. The number of carboxylic acids is 1. The van der Waals surface area contributed by atoms with E-state index in [-0.39, 0.29) is 17.6 Å². The van der Waals surface area contributed by atoms with Crippen LogP contribution in [0.5, 0.6) is 0 Å². The van der Waals surface area contributed by atoms with Crippen molar-refractivity contribution in [3.8, 4) is 0 Å². The quantitative estimate of drug-likeness (QED) is 0.701. The van der Waals surface area contributed by atoms with Gasteiger partial charge in [-0.05, 0) is 31.5 Å². The number of aliphatic hydroxyl groups is 1. The first-order valence-corrected chi connectivity index (χ1v) is 6.05. The number of carboxylic acid groups (broad SMARTS) is 1. The van der Waals surface area contributed by atoms with Crippen LogP contribution in [0.1, 0.15) is 23.7 Å². The van der Waals surface area contributed by atoms with E-state index < -0.39 is 5.97 Å². The van der Waals surface area contributed by atoms with Gasteiger partial charge in [0.05, 0.1) is 23.0 Å². The molecule has 0 amide bonds. The summed E-state index contributed by atoms with van der Waals surface area (Å²) in [6.45, 7) is 3.39. The minimum absolute atomic E-state index is 0.197.